The summed E-state index contributed by atoms with van der Waals surface area (Å²) < 4.78 is 41.8. The van der Waals surface area contributed by atoms with Crippen LogP contribution in [-0.4, -0.2) is 74.6 Å². The van der Waals surface area contributed by atoms with E-state index in [0.717, 1.165) is 11.4 Å². The molecule has 3 rings (SSSR count). The summed E-state index contributed by atoms with van der Waals surface area (Å²) in [6.07, 6.45) is 1.33. The number of methoxy groups -OCH3 is 2. The number of aromatic nitrogens is 1. The van der Waals surface area contributed by atoms with Crippen molar-refractivity contribution in [3.05, 3.63) is 42.3 Å². The molecule has 10 nitrogen and oxygen atoms in total. The van der Waals surface area contributed by atoms with Crippen molar-refractivity contribution in [3.63, 3.8) is 0 Å². The van der Waals surface area contributed by atoms with Gasteiger partial charge < -0.3 is 18.9 Å². The Morgan fingerprint density at radius 3 is 2.43 bits per heavy atom. The number of carbonyl (C=O) groups excluding carboxylic acids is 2. The molecule has 1 aliphatic rings. The van der Waals surface area contributed by atoms with Gasteiger partial charge in [-0.3, -0.25) is 9.59 Å². The summed E-state index contributed by atoms with van der Waals surface area (Å²) in [7, 11) is -1.35. The summed E-state index contributed by atoms with van der Waals surface area (Å²) in [5, 5.41) is 3.49. The number of sulfonamides is 1. The van der Waals surface area contributed by atoms with E-state index in [1.807, 2.05) is 0 Å². The smallest absolute Gasteiger partial charge is 0.326 e. The van der Waals surface area contributed by atoms with Gasteiger partial charge in [0, 0.05) is 25.7 Å². The van der Waals surface area contributed by atoms with Gasteiger partial charge in [-0.2, -0.15) is 4.31 Å². The number of amides is 1. The Labute approximate surface area is 161 Å². The van der Waals surface area contributed by atoms with E-state index in [0.29, 0.717) is 5.75 Å². The van der Waals surface area contributed by atoms with Crippen molar-refractivity contribution < 1.29 is 32.0 Å². The number of hydrogen-bond donors (Lipinski definition) is 0. The molecule has 1 aromatic heterocycles. The second-order valence-electron chi connectivity index (χ2n) is 5.96. The van der Waals surface area contributed by atoms with Gasteiger partial charge >= 0.3 is 5.97 Å². The number of carbonyl (C=O) groups is 2. The molecule has 1 aromatic carbocycles. The van der Waals surface area contributed by atoms with Crippen LogP contribution in [0.25, 0.3) is 0 Å². The second-order valence-corrected chi connectivity index (χ2v) is 7.85. The minimum atomic E-state index is -3.99. The van der Waals surface area contributed by atoms with E-state index in [1.54, 1.807) is 0 Å². The van der Waals surface area contributed by atoms with Gasteiger partial charge in [-0.25, -0.2) is 8.42 Å². The van der Waals surface area contributed by atoms with Crippen molar-refractivity contribution >= 4 is 21.9 Å². The molecule has 150 valence electrons. The number of rotatable bonds is 5. The molecule has 11 heteroatoms. The topological polar surface area (TPSA) is 119 Å². The average molecular weight is 409 g/mol. The van der Waals surface area contributed by atoms with Crippen LogP contribution in [0.1, 0.15) is 10.6 Å². The zero-order valence-electron chi connectivity index (χ0n) is 15.3. The zero-order valence-corrected chi connectivity index (χ0v) is 16.1. The molecule has 0 radical (unpaired) electrons. The maximum atomic E-state index is 13.1. The van der Waals surface area contributed by atoms with E-state index in [4.69, 9.17) is 14.0 Å². The summed E-state index contributed by atoms with van der Waals surface area (Å²) in [5.41, 5.74) is 0. The highest BCUT2D eigenvalue weighted by Gasteiger charge is 2.42. The molecule has 1 aliphatic heterocycles. The molecule has 1 amide bonds. The summed E-state index contributed by atoms with van der Waals surface area (Å²) in [6.45, 7) is -0.155. The molecular weight excluding hydrogens is 390 g/mol. The number of benzene rings is 1. The van der Waals surface area contributed by atoms with E-state index >= 15 is 0 Å². The van der Waals surface area contributed by atoms with Gasteiger partial charge in [0.25, 0.3) is 5.91 Å². The highest BCUT2D eigenvalue weighted by molar-refractivity contribution is 7.89. The Hall–Kier alpha value is -2.92. The molecule has 0 bridgehead atoms. The highest BCUT2D eigenvalue weighted by atomic mass is 32.2. The molecule has 0 N–H and O–H groups in total. The van der Waals surface area contributed by atoms with Crippen LogP contribution in [0.5, 0.6) is 5.75 Å². The van der Waals surface area contributed by atoms with E-state index in [9.17, 15) is 18.0 Å². The van der Waals surface area contributed by atoms with Crippen LogP contribution in [0, 0.1) is 0 Å². The van der Waals surface area contributed by atoms with Crippen LogP contribution >= 0.6 is 0 Å². The molecule has 1 atom stereocenters. The number of nitrogens with zero attached hydrogens (tertiary/aromatic N) is 3. The third-order valence-electron chi connectivity index (χ3n) is 4.41. The van der Waals surface area contributed by atoms with E-state index in [1.165, 1.54) is 48.5 Å². The second kappa shape index (κ2) is 7.98. The number of ether oxygens (including phenoxy) is 2. The molecule has 1 unspecified atom stereocenters. The van der Waals surface area contributed by atoms with Gasteiger partial charge in [0.1, 0.15) is 11.8 Å². The van der Waals surface area contributed by atoms with Crippen molar-refractivity contribution in [2.45, 2.75) is 10.9 Å². The first-order valence-electron chi connectivity index (χ1n) is 8.32. The lowest BCUT2D eigenvalue weighted by Crippen LogP contribution is -2.59. The first-order chi connectivity index (χ1) is 13.4. The SMILES string of the molecule is COC(=O)C1CN(C(=O)c2ccno2)CCN1S(=O)(=O)c1ccc(OC)cc1. The maximum Gasteiger partial charge on any atom is 0.326 e. The molecule has 1 saturated heterocycles. The van der Waals surface area contributed by atoms with Gasteiger partial charge in [0.2, 0.25) is 15.8 Å². The van der Waals surface area contributed by atoms with Crippen LogP contribution in [0.3, 0.4) is 0 Å². The quantitative estimate of drug-likeness (QED) is 0.650. The fourth-order valence-corrected chi connectivity index (χ4v) is 4.49. The lowest BCUT2D eigenvalue weighted by atomic mass is 10.2. The Morgan fingerprint density at radius 2 is 1.86 bits per heavy atom. The number of hydrogen-bond acceptors (Lipinski definition) is 8. The highest BCUT2D eigenvalue weighted by Crippen LogP contribution is 2.24. The molecule has 0 aliphatic carbocycles. The van der Waals surface area contributed by atoms with E-state index in [-0.39, 0.29) is 30.3 Å². The predicted octanol–water partition coefficient (Wildman–Crippen LogP) is 0.371. The van der Waals surface area contributed by atoms with Crippen molar-refractivity contribution in [2.75, 3.05) is 33.9 Å². The predicted molar refractivity (Wildman–Crippen MR) is 95.1 cm³/mol. The molecule has 0 saturated carbocycles. The first kappa shape index (κ1) is 19.8. The third-order valence-corrected chi connectivity index (χ3v) is 6.33. The monoisotopic (exact) mass is 409 g/mol. The lowest BCUT2D eigenvalue weighted by molar-refractivity contribution is -0.146. The molecule has 1 fully saturated rings. The van der Waals surface area contributed by atoms with Crippen molar-refractivity contribution in [1.82, 2.24) is 14.4 Å². The standard InChI is InChI=1S/C17H19N3O7S/c1-25-12-3-5-13(6-4-12)28(23,24)20-10-9-19(11-14(20)17(22)26-2)16(21)15-7-8-18-27-15/h3-8,14H,9-11H2,1-2H3. The summed E-state index contributed by atoms with van der Waals surface area (Å²) in [6, 6.07) is 6.05. The molecular formula is C17H19N3O7S. The number of esters is 1. The van der Waals surface area contributed by atoms with Gasteiger partial charge in [-0.15, -0.1) is 0 Å². The fraction of sp³-hybridized carbons (Fsp3) is 0.353. The largest absolute Gasteiger partial charge is 0.497 e. The molecule has 0 spiro atoms. The molecule has 2 heterocycles. The fourth-order valence-electron chi connectivity index (χ4n) is 2.93. The van der Waals surface area contributed by atoms with Gasteiger partial charge in [0.15, 0.2) is 0 Å². The molecule has 28 heavy (non-hydrogen) atoms. The van der Waals surface area contributed by atoms with Crippen LogP contribution in [0.4, 0.5) is 0 Å². The Bertz CT molecular complexity index is 942. The van der Waals surface area contributed by atoms with Crippen LogP contribution < -0.4 is 4.74 Å². The van der Waals surface area contributed by atoms with Gasteiger partial charge in [0.05, 0.1) is 25.3 Å². The van der Waals surface area contributed by atoms with Crippen molar-refractivity contribution in [2.24, 2.45) is 0 Å². The average Bonchev–Trinajstić information content (AvgIpc) is 3.27. The van der Waals surface area contributed by atoms with E-state index < -0.39 is 27.9 Å². The zero-order chi connectivity index (χ0) is 20.3. The third kappa shape index (κ3) is 3.71. The van der Waals surface area contributed by atoms with Gasteiger partial charge in [-0.1, -0.05) is 5.16 Å². The van der Waals surface area contributed by atoms with Gasteiger partial charge in [-0.05, 0) is 24.3 Å². The Balaban J connectivity index is 1.87. The molecule has 2 aromatic rings. The first-order valence-corrected chi connectivity index (χ1v) is 9.76. The summed E-state index contributed by atoms with van der Waals surface area (Å²) in [5.74, 6) is -0.721. The normalized spacial score (nSPS) is 17.9. The summed E-state index contributed by atoms with van der Waals surface area (Å²) in [4.78, 5) is 26.1. The van der Waals surface area contributed by atoms with Crippen LogP contribution in [-0.2, 0) is 19.6 Å². The Morgan fingerprint density at radius 1 is 1.14 bits per heavy atom. The summed E-state index contributed by atoms with van der Waals surface area (Å²) >= 11 is 0. The minimum absolute atomic E-state index is 0.00933. The van der Waals surface area contributed by atoms with Crippen LogP contribution in [0.15, 0.2) is 45.9 Å². The number of piperazine rings is 1. The lowest BCUT2D eigenvalue weighted by Gasteiger charge is -2.38. The van der Waals surface area contributed by atoms with Crippen molar-refractivity contribution in [3.8, 4) is 5.75 Å². The maximum absolute atomic E-state index is 13.1. The Kier molecular flexibility index (Phi) is 5.66. The minimum Gasteiger partial charge on any atom is -0.497 e. The van der Waals surface area contributed by atoms with Crippen LogP contribution in [0.2, 0.25) is 0 Å². The van der Waals surface area contributed by atoms with Crippen molar-refractivity contribution in [1.29, 1.82) is 0 Å². The van der Waals surface area contributed by atoms with E-state index in [2.05, 4.69) is 5.16 Å².